The molecule has 22 heavy (non-hydrogen) atoms. The third-order valence-electron chi connectivity index (χ3n) is 4.10. The van der Waals surface area contributed by atoms with Crippen LogP contribution in [-0.4, -0.2) is 32.0 Å². The van der Waals surface area contributed by atoms with Crippen LogP contribution in [0.4, 0.5) is 5.69 Å². The highest BCUT2D eigenvalue weighted by molar-refractivity contribution is 14.0. The third kappa shape index (κ3) is 4.34. The predicted molar refractivity (Wildman–Crippen MR) is 99.9 cm³/mol. The van der Waals surface area contributed by atoms with Crippen molar-refractivity contribution in [2.24, 2.45) is 10.9 Å². The van der Waals surface area contributed by atoms with Crippen LogP contribution in [0.2, 0.25) is 0 Å². The average Bonchev–Trinajstić information content (AvgIpc) is 3.31. The van der Waals surface area contributed by atoms with Crippen LogP contribution in [0.3, 0.4) is 0 Å². The molecule has 1 aliphatic carbocycles. The summed E-state index contributed by atoms with van der Waals surface area (Å²) in [6, 6.07) is 8.01. The lowest BCUT2D eigenvalue weighted by molar-refractivity contribution is -0.116. The lowest BCUT2D eigenvalue weighted by Gasteiger charge is -2.26. The van der Waals surface area contributed by atoms with Crippen LogP contribution in [0, 0.1) is 5.92 Å². The van der Waals surface area contributed by atoms with E-state index in [1.165, 1.54) is 18.4 Å². The van der Waals surface area contributed by atoms with Gasteiger partial charge >= 0.3 is 0 Å². The average molecular weight is 414 g/mol. The molecular weight excluding hydrogens is 391 g/mol. The van der Waals surface area contributed by atoms with Gasteiger partial charge in [0.25, 0.3) is 0 Å². The highest BCUT2D eigenvalue weighted by Gasteiger charge is 2.25. The molecule has 0 radical (unpaired) electrons. The topological polar surface area (TPSA) is 65.5 Å². The minimum Gasteiger partial charge on any atom is -0.356 e. The molecule has 1 aromatic rings. The van der Waals surface area contributed by atoms with Gasteiger partial charge in [0.1, 0.15) is 0 Å². The first-order valence-corrected chi connectivity index (χ1v) is 7.59. The molecule has 2 aliphatic rings. The number of aliphatic imine (C=N–C) groups is 1. The number of nitrogens with zero attached hydrogens (tertiary/aromatic N) is 1. The monoisotopic (exact) mass is 414 g/mol. The summed E-state index contributed by atoms with van der Waals surface area (Å²) in [5.74, 6) is 1.91. The Morgan fingerprint density at radius 3 is 2.73 bits per heavy atom. The summed E-state index contributed by atoms with van der Waals surface area (Å²) < 4.78 is 0. The molecule has 1 aliphatic heterocycles. The fraction of sp³-hybridized carbons (Fsp3) is 0.500. The maximum atomic E-state index is 11.8. The van der Waals surface area contributed by atoms with Gasteiger partial charge in [0.2, 0.25) is 5.91 Å². The van der Waals surface area contributed by atoms with Crippen LogP contribution >= 0.6 is 24.0 Å². The Morgan fingerprint density at radius 2 is 2.00 bits per heavy atom. The van der Waals surface area contributed by atoms with Gasteiger partial charge in [-0.3, -0.25) is 9.79 Å². The van der Waals surface area contributed by atoms with E-state index in [0.717, 1.165) is 30.7 Å². The lowest BCUT2D eigenvalue weighted by Crippen LogP contribution is -2.41. The highest BCUT2D eigenvalue weighted by atomic mass is 127. The second-order valence-electron chi connectivity index (χ2n) is 5.81. The Morgan fingerprint density at radius 1 is 1.27 bits per heavy atom. The van der Waals surface area contributed by atoms with Gasteiger partial charge in [0.05, 0.1) is 0 Å². The summed E-state index contributed by atoms with van der Waals surface area (Å²) in [7, 11) is 1.78. The minimum atomic E-state index is 0. The summed E-state index contributed by atoms with van der Waals surface area (Å²) in [5, 5.41) is 9.61. The van der Waals surface area contributed by atoms with E-state index in [4.69, 9.17) is 0 Å². The van der Waals surface area contributed by atoms with Crippen LogP contribution in [0.1, 0.15) is 30.7 Å². The van der Waals surface area contributed by atoms with Crippen LogP contribution in [-0.2, 0) is 4.79 Å². The molecule has 120 valence electrons. The number of fused-ring (bicyclic) bond motifs is 1. The molecule has 1 saturated carbocycles. The van der Waals surface area contributed by atoms with Gasteiger partial charge in [-0.25, -0.2) is 0 Å². The van der Waals surface area contributed by atoms with Crippen LogP contribution in [0.25, 0.3) is 0 Å². The molecule has 1 unspecified atom stereocenters. The van der Waals surface area contributed by atoms with Gasteiger partial charge in [-0.15, -0.1) is 24.0 Å². The van der Waals surface area contributed by atoms with Crippen molar-refractivity contribution >= 4 is 41.5 Å². The summed E-state index contributed by atoms with van der Waals surface area (Å²) in [4.78, 5) is 16.0. The van der Waals surface area contributed by atoms with Crippen LogP contribution in [0.5, 0.6) is 0 Å². The van der Waals surface area contributed by atoms with Gasteiger partial charge in [0, 0.05) is 38.2 Å². The molecule has 1 amide bonds. The standard InChI is InChI=1S/C16H22N4O.HI/c1-17-16(18-9-11-6-7-11)19-10-12-8-15(21)20-14-5-3-2-4-13(12)14;/h2-5,11-12H,6-10H2,1H3,(H,20,21)(H2,17,18,19);1H. The van der Waals surface area contributed by atoms with Gasteiger partial charge in [0.15, 0.2) is 5.96 Å². The summed E-state index contributed by atoms with van der Waals surface area (Å²) >= 11 is 0. The number of hydrogen-bond acceptors (Lipinski definition) is 2. The Bertz CT molecular complexity index is 557. The fourth-order valence-corrected chi connectivity index (χ4v) is 2.69. The second kappa shape index (κ2) is 7.80. The number of halogens is 1. The molecule has 1 heterocycles. The van der Waals surface area contributed by atoms with Crippen molar-refractivity contribution in [3.8, 4) is 0 Å². The van der Waals surface area contributed by atoms with E-state index in [-0.39, 0.29) is 35.8 Å². The lowest BCUT2D eigenvalue weighted by atomic mass is 9.90. The maximum absolute atomic E-state index is 11.8. The molecule has 3 rings (SSSR count). The summed E-state index contributed by atoms with van der Waals surface area (Å²) in [5.41, 5.74) is 2.13. The van der Waals surface area contributed by atoms with Crippen molar-refractivity contribution in [2.45, 2.75) is 25.2 Å². The number of hydrogen-bond donors (Lipinski definition) is 3. The maximum Gasteiger partial charge on any atom is 0.225 e. The number of nitrogens with one attached hydrogen (secondary N) is 3. The third-order valence-corrected chi connectivity index (χ3v) is 4.10. The van der Waals surface area contributed by atoms with Crippen molar-refractivity contribution in [2.75, 3.05) is 25.5 Å². The number of para-hydroxylation sites is 1. The van der Waals surface area contributed by atoms with Crippen LogP contribution < -0.4 is 16.0 Å². The summed E-state index contributed by atoms with van der Waals surface area (Å²) in [6.07, 6.45) is 3.16. The molecule has 0 aromatic heterocycles. The number of guanidine groups is 1. The molecule has 3 N–H and O–H groups in total. The molecule has 0 bridgehead atoms. The SMILES string of the molecule is CN=C(NCC1CC1)NCC1CC(=O)Nc2ccccc21.I. The zero-order valence-corrected chi connectivity index (χ0v) is 15.1. The fourth-order valence-electron chi connectivity index (χ4n) is 2.69. The first kappa shape index (κ1) is 17.1. The molecule has 1 atom stereocenters. The zero-order chi connectivity index (χ0) is 14.7. The van der Waals surface area contributed by atoms with Gasteiger partial charge < -0.3 is 16.0 Å². The van der Waals surface area contributed by atoms with Gasteiger partial charge in [-0.2, -0.15) is 0 Å². The first-order chi connectivity index (χ1) is 10.3. The number of carbonyl (C=O) groups is 1. The predicted octanol–water partition coefficient (Wildman–Crippen LogP) is 2.31. The van der Waals surface area contributed by atoms with Crippen LogP contribution in [0.15, 0.2) is 29.3 Å². The Kier molecular flexibility index (Phi) is 6.05. The van der Waals surface area contributed by atoms with E-state index in [1.54, 1.807) is 7.05 Å². The largest absolute Gasteiger partial charge is 0.356 e. The molecule has 0 spiro atoms. The number of benzene rings is 1. The number of amides is 1. The van der Waals surface area contributed by atoms with E-state index in [2.05, 4.69) is 27.0 Å². The quantitative estimate of drug-likeness (QED) is 0.403. The highest BCUT2D eigenvalue weighted by Crippen LogP contribution is 2.31. The number of carbonyl (C=O) groups excluding carboxylic acids is 1. The van der Waals surface area contributed by atoms with E-state index < -0.39 is 0 Å². The summed E-state index contributed by atoms with van der Waals surface area (Å²) in [6.45, 7) is 1.70. The first-order valence-electron chi connectivity index (χ1n) is 7.59. The molecular formula is C16H23IN4O. The molecule has 6 heteroatoms. The minimum absolute atomic E-state index is 0. The van der Waals surface area contributed by atoms with Gasteiger partial charge in [-0.1, -0.05) is 18.2 Å². The number of anilines is 1. The molecule has 5 nitrogen and oxygen atoms in total. The molecule has 0 saturated heterocycles. The van der Waals surface area contributed by atoms with Crippen molar-refractivity contribution in [1.29, 1.82) is 0 Å². The van der Waals surface area contributed by atoms with Crippen molar-refractivity contribution in [1.82, 2.24) is 10.6 Å². The molecule has 1 aromatic carbocycles. The van der Waals surface area contributed by atoms with E-state index in [9.17, 15) is 4.79 Å². The molecule has 1 fully saturated rings. The smallest absolute Gasteiger partial charge is 0.225 e. The second-order valence-corrected chi connectivity index (χ2v) is 5.81. The Hall–Kier alpha value is -1.31. The normalized spacial score (nSPS) is 20.5. The van der Waals surface area contributed by atoms with E-state index in [1.807, 2.05) is 18.2 Å². The Labute approximate surface area is 148 Å². The number of rotatable bonds is 4. The van der Waals surface area contributed by atoms with Crippen molar-refractivity contribution in [3.63, 3.8) is 0 Å². The Balaban J connectivity index is 0.00000176. The van der Waals surface area contributed by atoms with Crippen molar-refractivity contribution < 1.29 is 4.79 Å². The van der Waals surface area contributed by atoms with E-state index >= 15 is 0 Å². The van der Waals surface area contributed by atoms with Crippen molar-refractivity contribution in [3.05, 3.63) is 29.8 Å². The zero-order valence-electron chi connectivity index (χ0n) is 12.8. The van der Waals surface area contributed by atoms with E-state index in [0.29, 0.717) is 6.42 Å². The van der Waals surface area contributed by atoms with Gasteiger partial charge in [-0.05, 0) is 30.4 Å².